The van der Waals surface area contributed by atoms with E-state index < -0.39 is 0 Å². The van der Waals surface area contributed by atoms with Gasteiger partial charge < -0.3 is 4.98 Å². The van der Waals surface area contributed by atoms with Crippen molar-refractivity contribution in [3.63, 3.8) is 0 Å². The van der Waals surface area contributed by atoms with Gasteiger partial charge in [-0.2, -0.15) is 5.10 Å². The molecule has 0 aliphatic rings. The van der Waals surface area contributed by atoms with Crippen LogP contribution in [0.4, 0.5) is 0 Å². The topological polar surface area (TPSA) is 74.4 Å². The van der Waals surface area contributed by atoms with E-state index in [0.717, 1.165) is 0 Å². The zero-order valence-electron chi connectivity index (χ0n) is 4.88. The maximum absolute atomic E-state index is 10.8. The van der Waals surface area contributed by atoms with Gasteiger partial charge >= 0.3 is 0 Å². The molecule has 0 saturated carbocycles. The number of aromatic nitrogens is 4. The van der Waals surface area contributed by atoms with Gasteiger partial charge in [0.1, 0.15) is 0 Å². The van der Waals surface area contributed by atoms with Crippen molar-refractivity contribution in [2.24, 2.45) is 0 Å². The second-order valence-electron chi connectivity index (χ2n) is 1.81. The van der Waals surface area contributed by atoms with E-state index in [1.807, 2.05) is 0 Å². The zero-order chi connectivity index (χ0) is 6.97. The van der Waals surface area contributed by atoms with Gasteiger partial charge in [-0.05, 0) is 0 Å². The van der Waals surface area contributed by atoms with Crippen LogP contribution in [0.1, 0.15) is 0 Å². The maximum Gasteiger partial charge on any atom is 0.292 e. The molecule has 2 N–H and O–H groups in total. The molecule has 5 heteroatoms. The van der Waals surface area contributed by atoms with Crippen LogP contribution < -0.4 is 5.56 Å². The summed E-state index contributed by atoms with van der Waals surface area (Å²) in [5, 5.41) is 5.81. The number of hydrogen-bond donors (Lipinski definition) is 2. The normalized spacial score (nSPS) is 10.4. The van der Waals surface area contributed by atoms with Gasteiger partial charge in [0, 0.05) is 0 Å². The number of imidazole rings is 1. The van der Waals surface area contributed by atoms with Crippen LogP contribution in [0.3, 0.4) is 0 Å². The summed E-state index contributed by atoms with van der Waals surface area (Å²) >= 11 is 0. The van der Waals surface area contributed by atoms with Crippen molar-refractivity contribution in [2.45, 2.75) is 0 Å². The number of rotatable bonds is 0. The lowest BCUT2D eigenvalue weighted by Gasteiger charge is -1.81. The van der Waals surface area contributed by atoms with Crippen molar-refractivity contribution in [1.29, 1.82) is 0 Å². The standard InChI is InChI=1S/C5H3N4O/c10-5-4-3(1-8-9-5)6-2-7-4/h1H,(H,6,7)(H,9,10). The third-order valence-electron chi connectivity index (χ3n) is 1.19. The minimum Gasteiger partial charge on any atom is -0.334 e. The molecular formula is C5H3N4O. The average molecular weight is 135 g/mol. The fourth-order valence-electron chi connectivity index (χ4n) is 0.738. The van der Waals surface area contributed by atoms with E-state index in [9.17, 15) is 4.79 Å². The van der Waals surface area contributed by atoms with Gasteiger partial charge in [0.05, 0.1) is 11.7 Å². The van der Waals surface area contributed by atoms with E-state index in [0.29, 0.717) is 11.0 Å². The summed E-state index contributed by atoms with van der Waals surface area (Å²) in [5.74, 6) is 0. The van der Waals surface area contributed by atoms with Crippen molar-refractivity contribution in [3.05, 3.63) is 22.9 Å². The molecule has 2 aromatic rings. The van der Waals surface area contributed by atoms with Crippen LogP contribution in [0.5, 0.6) is 0 Å². The van der Waals surface area contributed by atoms with Gasteiger partial charge in [-0.25, -0.2) is 10.1 Å². The summed E-state index contributed by atoms with van der Waals surface area (Å²) < 4.78 is 0. The van der Waals surface area contributed by atoms with E-state index in [1.165, 1.54) is 6.20 Å². The highest BCUT2D eigenvalue weighted by molar-refractivity contribution is 5.71. The number of H-pyrrole nitrogens is 2. The molecule has 0 bridgehead atoms. The summed E-state index contributed by atoms with van der Waals surface area (Å²) in [5.41, 5.74) is 0.647. The first-order valence-corrected chi connectivity index (χ1v) is 2.67. The van der Waals surface area contributed by atoms with E-state index in [4.69, 9.17) is 0 Å². The van der Waals surface area contributed by atoms with Crippen molar-refractivity contribution >= 4 is 11.0 Å². The minimum absolute atomic E-state index is 0.296. The molecule has 49 valence electrons. The van der Waals surface area contributed by atoms with Crippen LogP contribution in [-0.2, 0) is 0 Å². The fraction of sp³-hybridized carbons (Fsp3) is 0. The molecule has 0 amide bonds. The van der Waals surface area contributed by atoms with Gasteiger partial charge in [0.15, 0.2) is 11.8 Å². The predicted molar refractivity (Wildman–Crippen MR) is 33.3 cm³/mol. The molecule has 0 aliphatic carbocycles. The predicted octanol–water partition coefficient (Wildman–Crippen LogP) is -0.554. The highest BCUT2D eigenvalue weighted by Gasteiger charge is 1.98. The quantitative estimate of drug-likeness (QED) is 0.508. The van der Waals surface area contributed by atoms with Gasteiger partial charge in [0.25, 0.3) is 5.56 Å². The first-order chi connectivity index (χ1) is 4.88. The molecule has 0 saturated heterocycles. The Kier molecular flexibility index (Phi) is 0.858. The van der Waals surface area contributed by atoms with E-state index in [2.05, 4.69) is 26.5 Å². The highest BCUT2D eigenvalue weighted by atomic mass is 16.1. The number of fused-ring (bicyclic) bond motifs is 1. The molecule has 0 unspecified atom stereocenters. The molecular weight excluding hydrogens is 132 g/mol. The smallest absolute Gasteiger partial charge is 0.292 e. The second-order valence-corrected chi connectivity index (χ2v) is 1.81. The molecule has 1 radical (unpaired) electrons. The van der Waals surface area contributed by atoms with E-state index in [1.54, 1.807) is 0 Å². The Morgan fingerprint density at radius 2 is 2.50 bits per heavy atom. The Hall–Kier alpha value is -1.65. The third-order valence-corrected chi connectivity index (χ3v) is 1.19. The lowest BCUT2D eigenvalue weighted by Crippen LogP contribution is -2.06. The number of aromatic amines is 2. The molecule has 0 aliphatic heterocycles. The molecule has 0 aromatic carbocycles. The van der Waals surface area contributed by atoms with Crippen LogP contribution in [0.15, 0.2) is 11.0 Å². The Morgan fingerprint density at radius 1 is 1.60 bits per heavy atom. The first kappa shape index (κ1) is 5.16. The van der Waals surface area contributed by atoms with Crippen LogP contribution >= 0.6 is 0 Å². The largest absolute Gasteiger partial charge is 0.334 e. The summed E-state index contributed by atoms with van der Waals surface area (Å²) in [6.45, 7) is 0. The van der Waals surface area contributed by atoms with Crippen molar-refractivity contribution < 1.29 is 0 Å². The van der Waals surface area contributed by atoms with E-state index in [-0.39, 0.29) is 5.56 Å². The molecule has 5 nitrogen and oxygen atoms in total. The van der Waals surface area contributed by atoms with Gasteiger partial charge in [-0.3, -0.25) is 4.79 Å². The summed E-state index contributed by atoms with van der Waals surface area (Å²) in [6, 6.07) is 0. The van der Waals surface area contributed by atoms with Gasteiger partial charge in [-0.1, -0.05) is 0 Å². The molecule has 10 heavy (non-hydrogen) atoms. The van der Waals surface area contributed by atoms with Crippen LogP contribution in [0, 0.1) is 6.33 Å². The Morgan fingerprint density at radius 3 is 3.30 bits per heavy atom. The lowest BCUT2D eigenvalue weighted by atomic mass is 10.5. The summed E-state index contributed by atoms with van der Waals surface area (Å²) in [7, 11) is 0. The number of hydrogen-bond acceptors (Lipinski definition) is 3. The summed E-state index contributed by atoms with van der Waals surface area (Å²) in [6.07, 6.45) is 3.93. The van der Waals surface area contributed by atoms with Crippen LogP contribution in [0.25, 0.3) is 11.0 Å². The molecule has 2 heterocycles. The SMILES string of the molecule is O=c1[nH]ncc2[nH][c]nc12. The summed E-state index contributed by atoms with van der Waals surface area (Å²) in [4.78, 5) is 17.1. The van der Waals surface area contributed by atoms with Crippen molar-refractivity contribution in [2.75, 3.05) is 0 Å². The third kappa shape index (κ3) is 0.540. The fourth-order valence-corrected chi connectivity index (χ4v) is 0.738. The maximum atomic E-state index is 10.8. The molecule has 2 aromatic heterocycles. The van der Waals surface area contributed by atoms with Crippen LogP contribution in [-0.4, -0.2) is 20.2 Å². The monoisotopic (exact) mass is 135 g/mol. The number of nitrogens with one attached hydrogen (secondary N) is 2. The molecule has 0 spiro atoms. The second kappa shape index (κ2) is 1.66. The Balaban J connectivity index is 3.09. The molecule has 0 fully saturated rings. The van der Waals surface area contributed by atoms with Crippen molar-refractivity contribution in [1.82, 2.24) is 20.2 Å². The Labute approximate surface area is 55.1 Å². The lowest BCUT2D eigenvalue weighted by molar-refractivity contribution is 1.01. The van der Waals surface area contributed by atoms with Crippen LogP contribution in [0.2, 0.25) is 0 Å². The average Bonchev–Trinajstić information content (AvgIpc) is 2.36. The van der Waals surface area contributed by atoms with Gasteiger partial charge in [-0.15, -0.1) is 0 Å². The Bertz CT molecular complexity index is 401. The first-order valence-electron chi connectivity index (χ1n) is 2.67. The van der Waals surface area contributed by atoms with Gasteiger partial charge in [0.2, 0.25) is 0 Å². The van der Waals surface area contributed by atoms with Crippen molar-refractivity contribution in [3.8, 4) is 0 Å². The minimum atomic E-state index is -0.296. The number of nitrogens with zero attached hydrogens (tertiary/aromatic N) is 2. The van der Waals surface area contributed by atoms with E-state index >= 15 is 0 Å². The highest BCUT2D eigenvalue weighted by Crippen LogP contribution is 1.96. The molecule has 0 atom stereocenters. The zero-order valence-corrected chi connectivity index (χ0v) is 4.88. The molecule has 2 rings (SSSR count).